The van der Waals surface area contributed by atoms with Crippen LogP contribution in [-0.2, 0) is 11.3 Å². The molecule has 3 aromatic heterocycles. The molecule has 1 aromatic carbocycles. The van der Waals surface area contributed by atoms with Crippen LogP contribution in [-0.4, -0.2) is 30.0 Å². The van der Waals surface area contributed by atoms with Crippen LogP contribution in [0.3, 0.4) is 0 Å². The molecule has 0 radical (unpaired) electrons. The predicted octanol–water partition coefficient (Wildman–Crippen LogP) is 2.47. The van der Waals surface area contributed by atoms with E-state index in [1.165, 1.54) is 6.07 Å². The number of nitro groups is 1. The van der Waals surface area contributed by atoms with Gasteiger partial charge in [-0.1, -0.05) is 12.1 Å². The van der Waals surface area contributed by atoms with Crippen LogP contribution in [0.4, 0.5) is 5.69 Å². The zero-order chi connectivity index (χ0) is 19.0. The number of hydrogen-bond donors (Lipinski definition) is 1. The van der Waals surface area contributed by atoms with E-state index in [1.54, 1.807) is 29.0 Å². The molecule has 0 spiro atoms. The minimum absolute atomic E-state index is 0.0231. The molecule has 1 amide bonds. The first-order valence-corrected chi connectivity index (χ1v) is 8.36. The van der Waals surface area contributed by atoms with E-state index in [-0.39, 0.29) is 24.2 Å². The topological polar surface area (TPSA) is 107 Å². The highest BCUT2D eigenvalue weighted by molar-refractivity contribution is 5.90. The Kier molecular flexibility index (Phi) is 4.03. The number of carbonyl (C=O) groups is 1. The Balaban J connectivity index is 1.54. The van der Waals surface area contributed by atoms with Gasteiger partial charge in [-0.2, -0.15) is 0 Å². The number of fused-ring (bicyclic) bond motifs is 2. The summed E-state index contributed by atoms with van der Waals surface area (Å²) in [5, 5.41) is 22.8. The number of nitro benzene ring substituents is 1. The molecule has 0 aliphatic rings. The van der Waals surface area contributed by atoms with E-state index in [0.29, 0.717) is 22.4 Å². The van der Waals surface area contributed by atoms with Crippen LogP contribution in [0.5, 0.6) is 0 Å². The molecule has 0 saturated carbocycles. The summed E-state index contributed by atoms with van der Waals surface area (Å²) in [6.07, 6.45) is 3.51. The number of non-ortho nitro benzene ring substituents is 1. The first-order chi connectivity index (χ1) is 13.0. The van der Waals surface area contributed by atoms with Crippen molar-refractivity contribution < 1.29 is 9.72 Å². The van der Waals surface area contributed by atoms with Crippen molar-refractivity contribution in [3.8, 4) is 0 Å². The zero-order valence-electron chi connectivity index (χ0n) is 14.4. The third-order valence-corrected chi connectivity index (χ3v) is 4.41. The molecule has 1 N–H and O–H groups in total. The minimum Gasteiger partial charge on any atom is -0.345 e. The molecule has 3 heterocycles. The van der Waals surface area contributed by atoms with Gasteiger partial charge in [-0.3, -0.25) is 19.3 Å². The smallest absolute Gasteiger partial charge is 0.278 e. The van der Waals surface area contributed by atoms with Crippen LogP contribution in [0, 0.1) is 10.1 Å². The minimum atomic E-state index is -0.425. The average Bonchev–Trinajstić information content (AvgIpc) is 3.25. The van der Waals surface area contributed by atoms with Gasteiger partial charge in [0.05, 0.1) is 21.9 Å². The number of aromatic nitrogens is 4. The van der Waals surface area contributed by atoms with Gasteiger partial charge in [-0.25, -0.2) is 0 Å². The molecule has 27 heavy (non-hydrogen) atoms. The van der Waals surface area contributed by atoms with Gasteiger partial charge < -0.3 is 9.88 Å². The lowest BCUT2D eigenvalue weighted by atomic mass is 10.2. The zero-order valence-corrected chi connectivity index (χ0v) is 14.4. The number of hydrogen-bond acceptors (Lipinski definition) is 5. The molecule has 0 unspecified atom stereocenters. The Morgan fingerprint density at radius 2 is 2.04 bits per heavy atom. The Morgan fingerprint density at radius 1 is 1.19 bits per heavy atom. The van der Waals surface area contributed by atoms with Crippen molar-refractivity contribution in [2.75, 3.05) is 0 Å². The third-order valence-electron chi connectivity index (χ3n) is 4.41. The van der Waals surface area contributed by atoms with Gasteiger partial charge in [-0.05, 0) is 31.2 Å². The largest absolute Gasteiger partial charge is 0.345 e. The summed E-state index contributed by atoms with van der Waals surface area (Å²) >= 11 is 0. The number of nitrogens with one attached hydrogen (secondary N) is 1. The molecule has 136 valence electrons. The van der Waals surface area contributed by atoms with Gasteiger partial charge in [0.25, 0.3) is 5.69 Å². The maximum absolute atomic E-state index is 12.5. The molecule has 0 aliphatic heterocycles. The highest BCUT2D eigenvalue weighted by Gasteiger charge is 2.18. The molecule has 0 aliphatic carbocycles. The molecule has 1 atom stereocenters. The Bertz CT molecular complexity index is 1160. The van der Waals surface area contributed by atoms with Crippen molar-refractivity contribution >= 4 is 28.1 Å². The van der Waals surface area contributed by atoms with Crippen LogP contribution in [0.15, 0.2) is 54.9 Å². The van der Waals surface area contributed by atoms with Gasteiger partial charge in [0.1, 0.15) is 6.54 Å². The van der Waals surface area contributed by atoms with Gasteiger partial charge in [0, 0.05) is 18.5 Å². The van der Waals surface area contributed by atoms with E-state index < -0.39 is 4.92 Å². The van der Waals surface area contributed by atoms with Gasteiger partial charge in [-0.15, -0.1) is 10.2 Å². The first kappa shape index (κ1) is 16.7. The maximum Gasteiger partial charge on any atom is 0.278 e. The van der Waals surface area contributed by atoms with Crippen molar-refractivity contribution in [2.45, 2.75) is 19.5 Å². The maximum atomic E-state index is 12.5. The van der Waals surface area contributed by atoms with Crippen molar-refractivity contribution in [2.24, 2.45) is 0 Å². The van der Waals surface area contributed by atoms with E-state index in [0.717, 1.165) is 0 Å². The van der Waals surface area contributed by atoms with E-state index >= 15 is 0 Å². The fraction of sp³-hybridized carbons (Fsp3) is 0.167. The summed E-state index contributed by atoms with van der Waals surface area (Å²) in [5.74, 6) is 0.408. The van der Waals surface area contributed by atoms with E-state index in [4.69, 9.17) is 0 Å². The lowest BCUT2D eigenvalue weighted by Crippen LogP contribution is -2.31. The third kappa shape index (κ3) is 2.99. The molecular formula is C18H16N6O3. The molecule has 4 rings (SSSR count). The number of rotatable bonds is 5. The number of carbonyl (C=O) groups excluding carboxylic acids is 1. The SMILES string of the molecule is C[C@H](NC(=O)Cn1ccc2c([N+](=O)[O-])cccc21)c1nnc2ccccn12. The summed E-state index contributed by atoms with van der Waals surface area (Å²) < 4.78 is 3.51. The summed E-state index contributed by atoms with van der Waals surface area (Å²) in [7, 11) is 0. The molecule has 0 fully saturated rings. The summed E-state index contributed by atoms with van der Waals surface area (Å²) in [6.45, 7) is 1.88. The molecule has 9 heteroatoms. The highest BCUT2D eigenvalue weighted by atomic mass is 16.6. The number of benzene rings is 1. The second-order valence-electron chi connectivity index (χ2n) is 6.19. The quantitative estimate of drug-likeness (QED) is 0.432. The van der Waals surface area contributed by atoms with Crippen molar-refractivity contribution in [3.05, 3.63) is 70.8 Å². The fourth-order valence-electron chi connectivity index (χ4n) is 3.17. The Hall–Kier alpha value is -3.75. The normalized spacial score (nSPS) is 12.3. The second kappa shape index (κ2) is 6.52. The monoisotopic (exact) mass is 364 g/mol. The van der Waals surface area contributed by atoms with Crippen LogP contribution in [0.1, 0.15) is 18.8 Å². The summed E-state index contributed by atoms with van der Waals surface area (Å²) in [4.78, 5) is 23.2. The predicted molar refractivity (Wildman–Crippen MR) is 98.1 cm³/mol. The van der Waals surface area contributed by atoms with Crippen LogP contribution < -0.4 is 5.32 Å². The van der Waals surface area contributed by atoms with Gasteiger partial charge in [0.15, 0.2) is 11.5 Å². The van der Waals surface area contributed by atoms with Gasteiger partial charge >= 0.3 is 0 Å². The fourth-order valence-corrected chi connectivity index (χ4v) is 3.17. The lowest BCUT2D eigenvalue weighted by Gasteiger charge is -2.13. The molecular weight excluding hydrogens is 348 g/mol. The van der Waals surface area contributed by atoms with Crippen molar-refractivity contribution in [1.82, 2.24) is 24.5 Å². The Labute approximate surface area is 153 Å². The number of pyridine rings is 1. The highest BCUT2D eigenvalue weighted by Crippen LogP contribution is 2.26. The summed E-state index contributed by atoms with van der Waals surface area (Å²) in [6, 6.07) is 11.7. The van der Waals surface area contributed by atoms with Gasteiger partial charge in [0.2, 0.25) is 5.91 Å². The Morgan fingerprint density at radius 3 is 2.85 bits per heavy atom. The van der Waals surface area contributed by atoms with E-state index in [2.05, 4.69) is 15.5 Å². The molecule has 9 nitrogen and oxygen atoms in total. The molecule has 4 aromatic rings. The number of nitrogens with zero attached hydrogens (tertiary/aromatic N) is 5. The van der Waals surface area contributed by atoms with Crippen LogP contribution >= 0.6 is 0 Å². The first-order valence-electron chi connectivity index (χ1n) is 8.36. The molecule has 0 bridgehead atoms. The van der Waals surface area contributed by atoms with Crippen molar-refractivity contribution in [1.29, 1.82) is 0 Å². The second-order valence-corrected chi connectivity index (χ2v) is 6.19. The average molecular weight is 364 g/mol. The lowest BCUT2D eigenvalue weighted by molar-refractivity contribution is -0.383. The molecule has 0 saturated heterocycles. The standard InChI is InChI=1S/C18H16N6O3/c1-12(18-21-20-16-7-2-3-9-23(16)18)19-17(25)11-22-10-8-13-14(22)5-4-6-15(13)24(26)27/h2-10,12H,11H2,1H3,(H,19,25)/t12-/m0/s1. The van der Waals surface area contributed by atoms with Crippen LogP contribution in [0.2, 0.25) is 0 Å². The van der Waals surface area contributed by atoms with Crippen LogP contribution in [0.25, 0.3) is 16.6 Å². The van der Waals surface area contributed by atoms with E-state index in [9.17, 15) is 14.9 Å². The van der Waals surface area contributed by atoms with Crippen molar-refractivity contribution in [3.63, 3.8) is 0 Å². The number of amides is 1. The summed E-state index contributed by atoms with van der Waals surface area (Å²) in [5.41, 5.74) is 1.37. The van der Waals surface area contributed by atoms with E-state index in [1.807, 2.05) is 35.7 Å².